The number of carbonyl (C=O) groups excluding carboxylic acids is 1. The van der Waals surface area contributed by atoms with E-state index in [1.807, 2.05) is 4.90 Å². The Balaban J connectivity index is 2.59. The molecule has 1 aliphatic carbocycles. The van der Waals surface area contributed by atoms with Crippen LogP contribution in [0.1, 0.15) is 38.5 Å². The SMILES string of the molecule is C=CCN(CCOC)C(=O)CC1(CN)CCCCC1. The van der Waals surface area contributed by atoms with Crippen molar-refractivity contribution in [2.45, 2.75) is 38.5 Å². The standard InChI is InChI=1S/C15H28N2O2/c1-3-9-17(10-11-19-2)14(18)12-15(13-16)7-5-4-6-8-15/h3H,1,4-13,16H2,2H3. The van der Waals surface area contributed by atoms with Gasteiger partial charge in [-0.3, -0.25) is 4.79 Å². The minimum absolute atomic E-state index is 0.0296. The Bertz CT molecular complexity index is 286. The normalized spacial score (nSPS) is 18.0. The highest BCUT2D eigenvalue weighted by Gasteiger charge is 2.34. The van der Waals surface area contributed by atoms with Gasteiger partial charge in [0.05, 0.1) is 6.61 Å². The summed E-state index contributed by atoms with van der Waals surface area (Å²) < 4.78 is 5.06. The molecule has 0 saturated heterocycles. The lowest BCUT2D eigenvalue weighted by Crippen LogP contribution is -2.41. The Morgan fingerprint density at radius 3 is 2.63 bits per heavy atom. The molecule has 0 radical (unpaired) electrons. The van der Waals surface area contributed by atoms with Gasteiger partial charge in [-0.15, -0.1) is 6.58 Å². The van der Waals surface area contributed by atoms with Crippen molar-refractivity contribution >= 4 is 5.91 Å². The van der Waals surface area contributed by atoms with Crippen LogP contribution in [0.2, 0.25) is 0 Å². The molecule has 0 unspecified atom stereocenters. The van der Waals surface area contributed by atoms with E-state index in [0.717, 1.165) is 12.8 Å². The molecule has 0 aliphatic heterocycles. The number of carbonyl (C=O) groups is 1. The van der Waals surface area contributed by atoms with Crippen LogP contribution >= 0.6 is 0 Å². The fraction of sp³-hybridized carbons (Fsp3) is 0.800. The van der Waals surface area contributed by atoms with Crippen LogP contribution in [0.25, 0.3) is 0 Å². The second-order valence-electron chi connectivity index (χ2n) is 5.56. The zero-order valence-electron chi connectivity index (χ0n) is 12.2. The predicted molar refractivity (Wildman–Crippen MR) is 77.8 cm³/mol. The number of hydrogen-bond donors (Lipinski definition) is 1. The molecule has 4 nitrogen and oxygen atoms in total. The number of rotatable bonds is 8. The number of nitrogens with two attached hydrogens (primary N) is 1. The molecular weight excluding hydrogens is 240 g/mol. The fourth-order valence-corrected chi connectivity index (χ4v) is 2.86. The first-order chi connectivity index (χ1) is 9.17. The maximum absolute atomic E-state index is 12.4. The number of ether oxygens (including phenoxy) is 1. The lowest BCUT2D eigenvalue weighted by Gasteiger charge is -2.37. The summed E-state index contributed by atoms with van der Waals surface area (Å²) in [5.41, 5.74) is 5.97. The number of methoxy groups -OCH3 is 1. The zero-order valence-corrected chi connectivity index (χ0v) is 12.2. The van der Waals surface area contributed by atoms with Gasteiger partial charge in [0, 0.05) is 26.6 Å². The van der Waals surface area contributed by atoms with Crippen molar-refractivity contribution in [2.75, 3.05) is 33.4 Å². The summed E-state index contributed by atoms with van der Waals surface area (Å²) in [6.07, 6.45) is 8.18. The first-order valence-corrected chi connectivity index (χ1v) is 7.25. The largest absolute Gasteiger partial charge is 0.383 e. The van der Waals surface area contributed by atoms with Crippen LogP contribution in [0.3, 0.4) is 0 Å². The van der Waals surface area contributed by atoms with Crippen LogP contribution < -0.4 is 5.73 Å². The molecule has 1 fully saturated rings. The van der Waals surface area contributed by atoms with Crippen molar-refractivity contribution in [3.63, 3.8) is 0 Å². The first kappa shape index (κ1) is 16.2. The van der Waals surface area contributed by atoms with Crippen LogP contribution in [-0.2, 0) is 9.53 Å². The Kier molecular flexibility index (Phi) is 7.10. The van der Waals surface area contributed by atoms with Gasteiger partial charge in [0.1, 0.15) is 0 Å². The van der Waals surface area contributed by atoms with Crippen LogP contribution in [0.4, 0.5) is 0 Å². The number of hydrogen-bond acceptors (Lipinski definition) is 3. The van der Waals surface area contributed by atoms with Crippen LogP contribution in [0.15, 0.2) is 12.7 Å². The van der Waals surface area contributed by atoms with E-state index in [4.69, 9.17) is 10.5 Å². The molecule has 1 amide bonds. The van der Waals surface area contributed by atoms with E-state index >= 15 is 0 Å². The third kappa shape index (κ3) is 4.96. The van der Waals surface area contributed by atoms with E-state index in [2.05, 4.69) is 6.58 Å². The highest BCUT2D eigenvalue weighted by molar-refractivity contribution is 5.77. The molecule has 1 rings (SSSR count). The molecule has 0 heterocycles. The zero-order chi connectivity index (χ0) is 14.1. The molecule has 110 valence electrons. The van der Waals surface area contributed by atoms with Crippen molar-refractivity contribution in [3.8, 4) is 0 Å². The summed E-state index contributed by atoms with van der Waals surface area (Å²) in [4.78, 5) is 14.3. The van der Waals surface area contributed by atoms with E-state index in [-0.39, 0.29) is 11.3 Å². The van der Waals surface area contributed by atoms with Gasteiger partial charge >= 0.3 is 0 Å². The second kappa shape index (κ2) is 8.33. The molecule has 2 N–H and O–H groups in total. The number of nitrogens with zero attached hydrogens (tertiary/aromatic N) is 1. The molecule has 0 aromatic heterocycles. The van der Waals surface area contributed by atoms with Crippen molar-refractivity contribution in [1.82, 2.24) is 4.90 Å². The van der Waals surface area contributed by atoms with Gasteiger partial charge in [-0.05, 0) is 24.8 Å². The Morgan fingerprint density at radius 2 is 2.11 bits per heavy atom. The fourth-order valence-electron chi connectivity index (χ4n) is 2.86. The minimum atomic E-state index is 0.0296. The lowest BCUT2D eigenvalue weighted by molar-refractivity contribution is -0.134. The molecular formula is C15H28N2O2. The van der Waals surface area contributed by atoms with Crippen molar-refractivity contribution in [1.29, 1.82) is 0 Å². The monoisotopic (exact) mass is 268 g/mol. The summed E-state index contributed by atoms with van der Waals surface area (Å²) in [5, 5.41) is 0. The summed E-state index contributed by atoms with van der Waals surface area (Å²) in [6, 6.07) is 0. The number of amides is 1. The minimum Gasteiger partial charge on any atom is -0.383 e. The summed E-state index contributed by atoms with van der Waals surface area (Å²) >= 11 is 0. The smallest absolute Gasteiger partial charge is 0.223 e. The van der Waals surface area contributed by atoms with E-state index in [0.29, 0.717) is 32.7 Å². The Labute approximate surface area is 117 Å². The molecule has 1 aliphatic rings. The highest BCUT2D eigenvalue weighted by Crippen LogP contribution is 2.38. The van der Waals surface area contributed by atoms with Crippen molar-refractivity contribution < 1.29 is 9.53 Å². The topological polar surface area (TPSA) is 55.6 Å². The van der Waals surface area contributed by atoms with Crippen molar-refractivity contribution in [3.05, 3.63) is 12.7 Å². The third-order valence-corrected chi connectivity index (χ3v) is 4.14. The van der Waals surface area contributed by atoms with E-state index in [1.165, 1.54) is 19.3 Å². The quantitative estimate of drug-likeness (QED) is 0.685. The average Bonchev–Trinajstić information content (AvgIpc) is 2.44. The molecule has 1 saturated carbocycles. The molecule has 0 aromatic rings. The highest BCUT2D eigenvalue weighted by atomic mass is 16.5. The summed E-state index contributed by atoms with van der Waals surface area (Å²) in [7, 11) is 1.65. The first-order valence-electron chi connectivity index (χ1n) is 7.25. The van der Waals surface area contributed by atoms with E-state index < -0.39 is 0 Å². The molecule has 0 spiro atoms. The molecule has 19 heavy (non-hydrogen) atoms. The summed E-state index contributed by atoms with van der Waals surface area (Å²) in [5.74, 6) is 0.185. The predicted octanol–water partition coefficient (Wildman–Crippen LogP) is 1.95. The van der Waals surface area contributed by atoms with Gasteiger partial charge in [-0.2, -0.15) is 0 Å². The van der Waals surface area contributed by atoms with Gasteiger partial charge in [0.25, 0.3) is 0 Å². The van der Waals surface area contributed by atoms with Crippen LogP contribution in [0, 0.1) is 5.41 Å². The average molecular weight is 268 g/mol. The van der Waals surface area contributed by atoms with E-state index in [9.17, 15) is 4.79 Å². The Hall–Kier alpha value is -0.870. The van der Waals surface area contributed by atoms with Gasteiger partial charge in [0.2, 0.25) is 5.91 Å². The molecule has 4 heteroatoms. The van der Waals surface area contributed by atoms with Gasteiger partial charge < -0.3 is 15.4 Å². The second-order valence-corrected chi connectivity index (χ2v) is 5.56. The molecule has 0 aromatic carbocycles. The maximum atomic E-state index is 12.4. The summed E-state index contributed by atoms with van der Waals surface area (Å²) in [6.45, 7) is 6.11. The van der Waals surface area contributed by atoms with Gasteiger partial charge in [-0.25, -0.2) is 0 Å². The maximum Gasteiger partial charge on any atom is 0.223 e. The molecule has 0 bridgehead atoms. The van der Waals surface area contributed by atoms with Crippen LogP contribution in [0.5, 0.6) is 0 Å². The molecule has 0 atom stereocenters. The van der Waals surface area contributed by atoms with Crippen LogP contribution in [-0.4, -0.2) is 44.2 Å². The van der Waals surface area contributed by atoms with Crippen molar-refractivity contribution in [2.24, 2.45) is 11.1 Å². The van der Waals surface area contributed by atoms with E-state index in [1.54, 1.807) is 13.2 Å². The Morgan fingerprint density at radius 1 is 1.42 bits per heavy atom. The lowest BCUT2D eigenvalue weighted by atomic mass is 9.71. The third-order valence-electron chi connectivity index (χ3n) is 4.14. The van der Waals surface area contributed by atoms with Gasteiger partial charge in [-0.1, -0.05) is 25.3 Å². The van der Waals surface area contributed by atoms with Gasteiger partial charge in [0.15, 0.2) is 0 Å².